The fourth-order valence-corrected chi connectivity index (χ4v) is 1.29. The van der Waals surface area contributed by atoms with Gasteiger partial charge < -0.3 is 15.2 Å². The lowest BCUT2D eigenvalue weighted by Crippen LogP contribution is -2.20. The third-order valence-electron chi connectivity index (χ3n) is 2.12. The maximum atomic E-state index is 12.1. The van der Waals surface area contributed by atoms with E-state index in [1.165, 1.54) is 24.3 Å². The van der Waals surface area contributed by atoms with Gasteiger partial charge in [-0.1, -0.05) is 12.1 Å². The summed E-state index contributed by atoms with van der Waals surface area (Å²) < 4.78 is 40.8. The van der Waals surface area contributed by atoms with E-state index in [1.807, 2.05) is 0 Å². The number of anilines is 1. The molecular weight excluding hydrogens is 279 g/mol. The molecular formula is C12H12F3NO4. The second-order valence-electron chi connectivity index (χ2n) is 3.84. The van der Waals surface area contributed by atoms with Crippen LogP contribution in [0, 0.1) is 0 Å². The van der Waals surface area contributed by atoms with Crippen LogP contribution >= 0.6 is 0 Å². The molecule has 0 aliphatic rings. The highest BCUT2D eigenvalue weighted by atomic mass is 19.4. The average Bonchev–Trinajstić information content (AvgIpc) is 2.34. The van der Waals surface area contributed by atoms with E-state index < -0.39 is 24.7 Å². The number of carboxylic acids is 1. The van der Waals surface area contributed by atoms with E-state index in [4.69, 9.17) is 5.11 Å². The van der Waals surface area contributed by atoms with E-state index in [-0.39, 0.29) is 24.3 Å². The number of alkyl halides is 3. The summed E-state index contributed by atoms with van der Waals surface area (Å²) in [5, 5.41) is 10.7. The minimum atomic E-state index is -4.49. The summed E-state index contributed by atoms with van der Waals surface area (Å²) in [6.45, 7) is -1.48. The molecule has 1 rings (SSSR count). The number of nitrogens with one attached hydrogen (secondary N) is 1. The van der Waals surface area contributed by atoms with Crippen LogP contribution in [-0.2, 0) is 9.59 Å². The van der Waals surface area contributed by atoms with Gasteiger partial charge in [0.2, 0.25) is 5.91 Å². The first-order chi connectivity index (χ1) is 9.28. The molecule has 0 unspecified atom stereocenters. The van der Waals surface area contributed by atoms with Crippen molar-refractivity contribution in [2.24, 2.45) is 0 Å². The first-order valence-electron chi connectivity index (χ1n) is 5.58. The van der Waals surface area contributed by atoms with E-state index >= 15 is 0 Å². The second-order valence-corrected chi connectivity index (χ2v) is 3.84. The highest BCUT2D eigenvalue weighted by Crippen LogP contribution is 2.26. The zero-order chi connectivity index (χ0) is 15.2. The summed E-state index contributed by atoms with van der Waals surface area (Å²) in [7, 11) is 0. The fraction of sp³-hybridized carbons (Fsp3) is 0.333. The molecule has 2 N–H and O–H groups in total. The van der Waals surface area contributed by atoms with E-state index in [0.29, 0.717) is 0 Å². The van der Waals surface area contributed by atoms with Gasteiger partial charge in [0.15, 0.2) is 6.61 Å². The smallest absolute Gasteiger partial charge is 0.422 e. The van der Waals surface area contributed by atoms with Gasteiger partial charge in [-0.2, -0.15) is 13.2 Å². The number of rotatable bonds is 6. The van der Waals surface area contributed by atoms with E-state index in [2.05, 4.69) is 10.1 Å². The topological polar surface area (TPSA) is 75.6 Å². The predicted molar refractivity (Wildman–Crippen MR) is 63.5 cm³/mol. The van der Waals surface area contributed by atoms with Crippen molar-refractivity contribution in [1.29, 1.82) is 0 Å². The zero-order valence-electron chi connectivity index (χ0n) is 10.2. The summed E-state index contributed by atoms with van der Waals surface area (Å²) in [5.74, 6) is -1.88. The summed E-state index contributed by atoms with van der Waals surface area (Å²) in [6, 6.07) is 5.61. The third-order valence-corrected chi connectivity index (χ3v) is 2.12. The van der Waals surface area contributed by atoms with Crippen LogP contribution < -0.4 is 10.1 Å². The molecule has 1 amide bonds. The third kappa shape index (κ3) is 6.07. The lowest BCUT2D eigenvalue weighted by atomic mass is 10.2. The predicted octanol–water partition coefficient (Wildman–Crippen LogP) is 2.43. The molecule has 0 aromatic heterocycles. The molecule has 0 atom stereocenters. The summed E-state index contributed by atoms with van der Waals surface area (Å²) in [5.41, 5.74) is 0.0622. The van der Waals surface area contributed by atoms with Crippen LogP contribution in [0.1, 0.15) is 12.8 Å². The second kappa shape index (κ2) is 6.78. The van der Waals surface area contributed by atoms with E-state index in [0.717, 1.165) is 0 Å². The van der Waals surface area contributed by atoms with Crippen molar-refractivity contribution in [3.63, 3.8) is 0 Å². The standard InChI is InChI=1S/C12H12F3NO4/c13-12(14,15)7-20-9-4-2-1-3-8(9)16-10(17)5-6-11(18)19/h1-4H,5-7H2,(H,16,17)(H,18,19). The minimum Gasteiger partial charge on any atom is -0.482 e. The molecule has 0 aliphatic carbocycles. The van der Waals surface area contributed by atoms with Gasteiger partial charge in [0.25, 0.3) is 0 Å². The van der Waals surface area contributed by atoms with Crippen LogP contribution in [0.2, 0.25) is 0 Å². The fourth-order valence-electron chi connectivity index (χ4n) is 1.29. The maximum absolute atomic E-state index is 12.1. The molecule has 0 spiro atoms. The summed E-state index contributed by atoms with van der Waals surface area (Å²) in [6.07, 6.45) is -5.12. The number of hydrogen-bond acceptors (Lipinski definition) is 3. The molecule has 0 saturated carbocycles. The molecule has 0 radical (unpaired) electrons. The maximum Gasteiger partial charge on any atom is 0.422 e. The highest BCUT2D eigenvalue weighted by Gasteiger charge is 2.28. The van der Waals surface area contributed by atoms with Crippen molar-refractivity contribution in [3.05, 3.63) is 24.3 Å². The van der Waals surface area contributed by atoms with Gasteiger partial charge in [0.05, 0.1) is 12.1 Å². The number of para-hydroxylation sites is 2. The number of aliphatic carboxylic acids is 1. The Bertz CT molecular complexity index is 488. The Hall–Kier alpha value is -2.25. The van der Waals surface area contributed by atoms with E-state index in [1.54, 1.807) is 0 Å². The van der Waals surface area contributed by atoms with Crippen molar-refractivity contribution in [2.45, 2.75) is 19.0 Å². The summed E-state index contributed by atoms with van der Waals surface area (Å²) in [4.78, 5) is 21.7. The molecule has 0 aliphatic heterocycles. The molecule has 0 fully saturated rings. The Balaban J connectivity index is 2.65. The molecule has 1 aromatic rings. The summed E-state index contributed by atoms with van der Waals surface area (Å²) >= 11 is 0. The first kappa shape index (κ1) is 15.8. The van der Waals surface area contributed by atoms with Crippen molar-refractivity contribution >= 4 is 17.6 Å². The zero-order valence-corrected chi connectivity index (χ0v) is 10.2. The van der Waals surface area contributed by atoms with Gasteiger partial charge in [-0.25, -0.2) is 0 Å². The van der Waals surface area contributed by atoms with Crippen LogP contribution in [0.4, 0.5) is 18.9 Å². The molecule has 8 heteroatoms. The Morgan fingerprint density at radius 2 is 1.85 bits per heavy atom. The Kier molecular flexibility index (Phi) is 5.36. The largest absolute Gasteiger partial charge is 0.482 e. The van der Waals surface area contributed by atoms with Crippen molar-refractivity contribution in [2.75, 3.05) is 11.9 Å². The quantitative estimate of drug-likeness (QED) is 0.844. The number of hydrogen-bond donors (Lipinski definition) is 2. The Morgan fingerprint density at radius 1 is 1.20 bits per heavy atom. The minimum absolute atomic E-state index is 0.0622. The Labute approximate surface area is 112 Å². The van der Waals surface area contributed by atoms with Crippen molar-refractivity contribution in [1.82, 2.24) is 0 Å². The molecule has 0 bridgehead atoms. The number of carboxylic acid groups (broad SMARTS) is 1. The van der Waals surface area contributed by atoms with Gasteiger partial charge in [-0.05, 0) is 12.1 Å². The number of ether oxygens (including phenoxy) is 1. The van der Waals surface area contributed by atoms with Crippen molar-refractivity contribution in [3.8, 4) is 5.75 Å². The lowest BCUT2D eigenvalue weighted by molar-refractivity contribution is -0.153. The number of benzene rings is 1. The normalized spacial score (nSPS) is 10.9. The number of carbonyl (C=O) groups excluding carboxylic acids is 1. The van der Waals surface area contributed by atoms with Crippen LogP contribution in [-0.4, -0.2) is 29.8 Å². The molecule has 0 saturated heterocycles. The SMILES string of the molecule is O=C(O)CCC(=O)Nc1ccccc1OCC(F)(F)F. The van der Waals surface area contributed by atoms with Crippen LogP contribution in [0.3, 0.4) is 0 Å². The highest BCUT2D eigenvalue weighted by molar-refractivity contribution is 5.93. The van der Waals surface area contributed by atoms with Crippen LogP contribution in [0.15, 0.2) is 24.3 Å². The molecule has 20 heavy (non-hydrogen) atoms. The van der Waals surface area contributed by atoms with E-state index in [9.17, 15) is 22.8 Å². The molecule has 0 heterocycles. The first-order valence-corrected chi connectivity index (χ1v) is 5.58. The van der Waals surface area contributed by atoms with Crippen molar-refractivity contribution < 1.29 is 32.6 Å². The van der Waals surface area contributed by atoms with Gasteiger partial charge in [0, 0.05) is 6.42 Å². The van der Waals surface area contributed by atoms with Gasteiger partial charge in [-0.3, -0.25) is 9.59 Å². The number of amides is 1. The van der Waals surface area contributed by atoms with Gasteiger partial charge in [0.1, 0.15) is 5.75 Å². The molecule has 1 aromatic carbocycles. The number of halogens is 3. The molecule has 5 nitrogen and oxygen atoms in total. The van der Waals surface area contributed by atoms with Crippen LogP contribution in [0.25, 0.3) is 0 Å². The van der Waals surface area contributed by atoms with Gasteiger partial charge in [-0.15, -0.1) is 0 Å². The Morgan fingerprint density at radius 3 is 2.45 bits per heavy atom. The van der Waals surface area contributed by atoms with Gasteiger partial charge >= 0.3 is 12.1 Å². The van der Waals surface area contributed by atoms with Crippen LogP contribution in [0.5, 0.6) is 5.75 Å². The number of carbonyl (C=O) groups is 2. The average molecular weight is 291 g/mol. The molecule has 110 valence electrons. The lowest BCUT2D eigenvalue weighted by Gasteiger charge is -2.13. The monoisotopic (exact) mass is 291 g/mol.